The largest absolute Gasteiger partial charge is 0.481 e. The summed E-state index contributed by atoms with van der Waals surface area (Å²) < 4.78 is 5.87. The zero-order chi connectivity index (χ0) is 19.6. The number of hydrogen-bond donors (Lipinski definition) is 2. The van der Waals surface area contributed by atoms with Gasteiger partial charge in [-0.1, -0.05) is 0 Å². The van der Waals surface area contributed by atoms with Crippen molar-refractivity contribution in [3.63, 3.8) is 0 Å². The molecule has 1 amide bonds. The second kappa shape index (κ2) is 7.69. The van der Waals surface area contributed by atoms with E-state index in [1.807, 2.05) is 13.0 Å². The minimum atomic E-state index is -0.735. The first-order chi connectivity index (χ1) is 12.8. The van der Waals surface area contributed by atoms with E-state index in [1.54, 1.807) is 19.2 Å². The number of ether oxygens (including phenoxy) is 1. The zero-order valence-corrected chi connectivity index (χ0v) is 15.3. The summed E-state index contributed by atoms with van der Waals surface area (Å²) >= 11 is 0. The molecule has 1 aliphatic carbocycles. The second-order valence-corrected chi connectivity index (χ2v) is 6.77. The van der Waals surface area contributed by atoms with Gasteiger partial charge in [-0.25, -0.2) is 9.97 Å². The molecule has 1 aliphatic rings. The SMILES string of the molecule is Cc1nc(C)c(-c2ccc(OC3CCC(C(=O)O)CC3)nc2)nc1C(N)=O. The molecule has 142 valence electrons. The van der Waals surface area contributed by atoms with Crippen LogP contribution in [-0.4, -0.2) is 38.0 Å². The Morgan fingerprint density at radius 3 is 2.37 bits per heavy atom. The molecule has 0 spiro atoms. The molecule has 2 aromatic heterocycles. The van der Waals surface area contributed by atoms with Crippen LogP contribution in [0.1, 0.15) is 47.6 Å². The summed E-state index contributed by atoms with van der Waals surface area (Å²) in [5, 5.41) is 9.05. The number of carbonyl (C=O) groups is 2. The molecule has 3 rings (SSSR count). The number of amides is 1. The molecular formula is C19H22N4O4. The van der Waals surface area contributed by atoms with Gasteiger partial charge in [0.05, 0.1) is 23.0 Å². The summed E-state index contributed by atoms with van der Waals surface area (Å²) in [6.07, 6.45) is 4.23. The predicted molar refractivity (Wildman–Crippen MR) is 97.3 cm³/mol. The number of carboxylic acids is 1. The third-order valence-electron chi connectivity index (χ3n) is 4.80. The monoisotopic (exact) mass is 370 g/mol. The van der Waals surface area contributed by atoms with Gasteiger partial charge in [0.15, 0.2) is 0 Å². The minimum Gasteiger partial charge on any atom is -0.481 e. The van der Waals surface area contributed by atoms with E-state index in [-0.39, 0.29) is 17.7 Å². The molecule has 8 nitrogen and oxygen atoms in total. The average Bonchev–Trinajstić information content (AvgIpc) is 2.63. The Bertz CT molecular complexity index is 859. The smallest absolute Gasteiger partial charge is 0.306 e. The molecule has 1 saturated carbocycles. The number of aliphatic carboxylic acids is 1. The lowest BCUT2D eigenvalue weighted by molar-refractivity contribution is -0.143. The molecule has 2 heterocycles. The Kier molecular flexibility index (Phi) is 5.34. The molecule has 0 aliphatic heterocycles. The Balaban J connectivity index is 1.72. The van der Waals surface area contributed by atoms with Crippen molar-refractivity contribution in [2.24, 2.45) is 11.7 Å². The topological polar surface area (TPSA) is 128 Å². The van der Waals surface area contributed by atoms with Crippen LogP contribution < -0.4 is 10.5 Å². The van der Waals surface area contributed by atoms with Crippen LogP contribution in [0, 0.1) is 19.8 Å². The van der Waals surface area contributed by atoms with Gasteiger partial charge in [0, 0.05) is 17.8 Å². The average molecular weight is 370 g/mol. The molecule has 0 saturated heterocycles. The highest BCUT2D eigenvalue weighted by Crippen LogP contribution is 2.28. The summed E-state index contributed by atoms with van der Waals surface area (Å²) in [6.45, 7) is 3.50. The highest BCUT2D eigenvalue weighted by Gasteiger charge is 2.27. The van der Waals surface area contributed by atoms with Gasteiger partial charge in [0.2, 0.25) is 5.88 Å². The van der Waals surface area contributed by atoms with Crippen molar-refractivity contribution in [3.05, 3.63) is 35.4 Å². The Labute approximate surface area is 156 Å². The Morgan fingerprint density at radius 1 is 1.11 bits per heavy atom. The first-order valence-corrected chi connectivity index (χ1v) is 8.86. The lowest BCUT2D eigenvalue weighted by Crippen LogP contribution is -2.28. The first kappa shape index (κ1) is 18.8. The van der Waals surface area contributed by atoms with Gasteiger partial charge in [0.1, 0.15) is 11.8 Å². The van der Waals surface area contributed by atoms with E-state index in [1.165, 1.54) is 0 Å². The van der Waals surface area contributed by atoms with E-state index in [9.17, 15) is 9.59 Å². The van der Waals surface area contributed by atoms with Crippen LogP contribution in [0.15, 0.2) is 18.3 Å². The van der Waals surface area contributed by atoms with Gasteiger partial charge < -0.3 is 15.6 Å². The second-order valence-electron chi connectivity index (χ2n) is 6.77. The molecule has 0 bridgehead atoms. The fourth-order valence-corrected chi connectivity index (χ4v) is 3.33. The summed E-state index contributed by atoms with van der Waals surface area (Å²) in [5.41, 5.74) is 7.94. The zero-order valence-electron chi connectivity index (χ0n) is 15.3. The van der Waals surface area contributed by atoms with Gasteiger partial charge in [0.25, 0.3) is 5.91 Å². The first-order valence-electron chi connectivity index (χ1n) is 8.86. The summed E-state index contributed by atoms with van der Waals surface area (Å²) in [4.78, 5) is 35.5. The number of rotatable bonds is 5. The standard InChI is InChI=1S/C19H22N4O4/c1-10-16(23-17(18(20)24)11(2)22-10)13-5-8-15(21-9-13)27-14-6-3-12(4-7-14)19(25)26/h5,8-9,12,14H,3-4,6-7H2,1-2H3,(H2,20,24)(H,25,26). The fourth-order valence-electron chi connectivity index (χ4n) is 3.33. The number of primary amides is 1. The van der Waals surface area contributed by atoms with Crippen LogP contribution in [0.3, 0.4) is 0 Å². The fraction of sp³-hybridized carbons (Fsp3) is 0.421. The van der Waals surface area contributed by atoms with Gasteiger partial charge in [-0.15, -0.1) is 0 Å². The quantitative estimate of drug-likeness (QED) is 0.826. The molecular weight excluding hydrogens is 348 g/mol. The number of pyridine rings is 1. The van der Waals surface area contributed by atoms with Crippen LogP contribution in [0.2, 0.25) is 0 Å². The molecule has 27 heavy (non-hydrogen) atoms. The number of hydrogen-bond acceptors (Lipinski definition) is 6. The van der Waals surface area contributed by atoms with E-state index in [0.717, 1.165) is 0 Å². The summed E-state index contributed by atoms with van der Waals surface area (Å²) in [7, 11) is 0. The van der Waals surface area contributed by atoms with E-state index in [4.69, 9.17) is 15.6 Å². The van der Waals surface area contributed by atoms with Gasteiger partial charge in [-0.3, -0.25) is 14.6 Å². The van der Waals surface area contributed by atoms with Crippen LogP contribution in [0.4, 0.5) is 0 Å². The highest BCUT2D eigenvalue weighted by atomic mass is 16.5. The van der Waals surface area contributed by atoms with E-state index >= 15 is 0 Å². The van der Waals surface area contributed by atoms with Crippen molar-refractivity contribution < 1.29 is 19.4 Å². The van der Waals surface area contributed by atoms with E-state index in [0.29, 0.717) is 54.2 Å². The molecule has 1 fully saturated rings. The van der Waals surface area contributed by atoms with Crippen molar-refractivity contribution in [2.45, 2.75) is 45.6 Å². The van der Waals surface area contributed by atoms with Crippen molar-refractivity contribution in [1.29, 1.82) is 0 Å². The van der Waals surface area contributed by atoms with Gasteiger partial charge in [-0.05, 0) is 45.6 Å². The van der Waals surface area contributed by atoms with Gasteiger partial charge in [-0.2, -0.15) is 0 Å². The maximum atomic E-state index is 11.5. The maximum Gasteiger partial charge on any atom is 0.306 e. The number of carboxylic acid groups (broad SMARTS) is 1. The number of nitrogens with two attached hydrogens (primary N) is 1. The summed E-state index contributed by atoms with van der Waals surface area (Å²) in [5.74, 6) is -1.15. The van der Waals surface area contributed by atoms with Crippen molar-refractivity contribution in [1.82, 2.24) is 15.0 Å². The third kappa shape index (κ3) is 4.21. The molecule has 0 unspecified atom stereocenters. The van der Waals surface area contributed by atoms with Crippen LogP contribution in [-0.2, 0) is 4.79 Å². The number of aryl methyl sites for hydroxylation is 2. The molecule has 0 atom stereocenters. The van der Waals surface area contributed by atoms with E-state index < -0.39 is 11.9 Å². The Morgan fingerprint density at radius 2 is 1.81 bits per heavy atom. The van der Waals surface area contributed by atoms with Crippen LogP contribution in [0.5, 0.6) is 5.88 Å². The number of nitrogens with zero attached hydrogens (tertiary/aromatic N) is 3. The number of carbonyl (C=O) groups excluding carboxylic acids is 1. The normalized spacial score (nSPS) is 19.5. The lowest BCUT2D eigenvalue weighted by Gasteiger charge is -2.26. The third-order valence-corrected chi connectivity index (χ3v) is 4.80. The molecule has 0 radical (unpaired) electrons. The van der Waals surface area contributed by atoms with Crippen molar-refractivity contribution in [2.75, 3.05) is 0 Å². The van der Waals surface area contributed by atoms with Crippen LogP contribution in [0.25, 0.3) is 11.3 Å². The maximum absolute atomic E-state index is 11.5. The number of aromatic nitrogens is 3. The van der Waals surface area contributed by atoms with Crippen LogP contribution >= 0.6 is 0 Å². The summed E-state index contributed by atoms with van der Waals surface area (Å²) in [6, 6.07) is 3.55. The predicted octanol–water partition coefficient (Wildman–Crippen LogP) is 2.28. The molecule has 3 N–H and O–H groups in total. The molecule has 8 heteroatoms. The molecule has 0 aromatic carbocycles. The van der Waals surface area contributed by atoms with Crippen molar-refractivity contribution >= 4 is 11.9 Å². The molecule has 2 aromatic rings. The lowest BCUT2D eigenvalue weighted by atomic mass is 9.87. The Hall–Kier alpha value is -3.03. The van der Waals surface area contributed by atoms with Gasteiger partial charge >= 0.3 is 5.97 Å². The minimum absolute atomic E-state index is 0.0266. The van der Waals surface area contributed by atoms with E-state index in [2.05, 4.69) is 15.0 Å². The van der Waals surface area contributed by atoms with Crippen molar-refractivity contribution in [3.8, 4) is 17.1 Å². The highest BCUT2D eigenvalue weighted by molar-refractivity contribution is 5.92.